The summed E-state index contributed by atoms with van der Waals surface area (Å²) in [5.41, 5.74) is 6.47. The Labute approximate surface area is 119 Å². The normalized spacial score (nSPS) is 10.3. The zero-order chi connectivity index (χ0) is 14.7. The number of anilines is 1. The Bertz CT molecular complexity index is 668. The largest absolute Gasteiger partial charge is 0.368 e. The second-order valence-electron chi connectivity index (χ2n) is 4.15. The first-order valence-corrected chi connectivity index (χ1v) is 6.08. The first-order valence-electron chi connectivity index (χ1n) is 5.70. The van der Waals surface area contributed by atoms with Gasteiger partial charge in [-0.25, -0.2) is 0 Å². The van der Waals surface area contributed by atoms with Gasteiger partial charge in [0.2, 0.25) is 5.91 Å². The standard InChI is InChI=1S/C12H12ClN5O2/c1-7-2-10(13)9(4-15-7)12(20)17-8-3-16-18(5-8)6-11(14)19/h2-5H,6H2,1H3,(H2,14,19)(H,17,20). The molecule has 0 atom stereocenters. The highest BCUT2D eigenvalue weighted by molar-refractivity contribution is 6.34. The van der Waals surface area contributed by atoms with Crippen molar-refractivity contribution in [3.05, 3.63) is 40.9 Å². The lowest BCUT2D eigenvalue weighted by Gasteiger charge is -2.04. The van der Waals surface area contributed by atoms with Crippen LogP contribution in [-0.2, 0) is 11.3 Å². The van der Waals surface area contributed by atoms with Crippen LogP contribution in [0.4, 0.5) is 5.69 Å². The maximum Gasteiger partial charge on any atom is 0.258 e. The molecule has 7 nitrogen and oxygen atoms in total. The van der Waals surface area contributed by atoms with E-state index >= 15 is 0 Å². The second kappa shape index (κ2) is 5.70. The van der Waals surface area contributed by atoms with E-state index in [0.717, 1.165) is 5.69 Å². The minimum Gasteiger partial charge on any atom is -0.368 e. The highest BCUT2D eigenvalue weighted by atomic mass is 35.5. The monoisotopic (exact) mass is 293 g/mol. The summed E-state index contributed by atoms with van der Waals surface area (Å²) >= 11 is 5.98. The molecule has 0 radical (unpaired) electrons. The number of nitrogens with two attached hydrogens (primary N) is 1. The number of pyridine rings is 1. The molecule has 20 heavy (non-hydrogen) atoms. The molecule has 0 aliphatic rings. The summed E-state index contributed by atoms with van der Waals surface area (Å²) in [5, 5.41) is 6.82. The average molecular weight is 294 g/mol. The van der Waals surface area contributed by atoms with Crippen molar-refractivity contribution in [3.63, 3.8) is 0 Å². The number of rotatable bonds is 4. The average Bonchev–Trinajstić information content (AvgIpc) is 2.75. The third kappa shape index (κ3) is 3.33. The summed E-state index contributed by atoms with van der Waals surface area (Å²) < 4.78 is 1.33. The fraction of sp³-hybridized carbons (Fsp3) is 0.167. The van der Waals surface area contributed by atoms with E-state index < -0.39 is 11.8 Å². The second-order valence-corrected chi connectivity index (χ2v) is 4.56. The number of aromatic nitrogens is 3. The van der Waals surface area contributed by atoms with Crippen LogP contribution in [0.15, 0.2) is 24.7 Å². The Morgan fingerprint density at radius 1 is 1.45 bits per heavy atom. The smallest absolute Gasteiger partial charge is 0.258 e. The van der Waals surface area contributed by atoms with Crippen LogP contribution < -0.4 is 11.1 Å². The van der Waals surface area contributed by atoms with Crippen molar-refractivity contribution >= 4 is 29.1 Å². The fourth-order valence-electron chi connectivity index (χ4n) is 1.57. The van der Waals surface area contributed by atoms with Crippen molar-refractivity contribution < 1.29 is 9.59 Å². The van der Waals surface area contributed by atoms with E-state index in [2.05, 4.69) is 15.4 Å². The molecule has 8 heteroatoms. The van der Waals surface area contributed by atoms with E-state index in [-0.39, 0.29) is 12.1 Å². The van der Waals surface area contributed by atoms with Gasteiger partial charge in [0.05, 0.1) is 22.5 Å². The van der Waals surface area contributed by atoms with Crippen LogP contribution in [0.1, 0.15) is 16.1 Å². The predicted octanol–water partition coefficient (Wildman–Crippen LogP) is 0.978. The van der Waals surface area contributed by atoms with Gasteiger partial charge in [0.15, 0.2) is 0 Å². The van der Waals surface area contributed by atoms with Crippen LogP contribution in [0.5, 0.6) is 0 Å². The number of carbonyl (C=O) groups excluding carboxylic acids is 2. The highest BCUT2D eigenvalue weighted by Crippen LogP contribution is 2.17. The van der Waals surface area contributed by atoms with Crippen molar-refractivity contribution in [2.24, 2.45) is 5.73 Å². The van der Waals surface area contributed by atoms with Crippen molar-refractivity contribution in [3.8, 4) is 0 Å². The lowest BCUT2D eigenvalue weighted by atomic mass is 10.2. The zero-order valence-electron chi connectivity index (χ0n) is 10.6. The van der Waals surface area contributed by atoms with Crippen LogP contribution in [-0.4, -0.2) is 26.6 Å². The van der Waals surface area contributed by atoms with Crippen molar-refractivity contribution in [1.82, 2.24) is 14.8 Å². The van der Waals surface area contributed by atoms with Gasteiger partial charge in [0.1, 0.15) is 6.54 Å². The molecule has 3 N–H and O–H groups in total. The van der Waals surface area contributed by atoms with E-state index in [1.165, 1.54) is 23.3 Å². The minimum atomic E-state index is -0.517. The lowest BCUT2D eigenvalue weighted by molar-refractivity contribution is -0.118. The number of nitrogens with one attached hydrogen (secondary N) is 1. The summed E-state index contributed by atoms with van der Waals surface area (Å²) in [6.45, 7) is 1.73. The number of aryl methyl sites for hydroxylation is 1. The molecule has 0 bridgehead atoms. The number of primary amides is 1. The quantitative estimate of drug-likeness (QED) is 0.877. The van der Waals surface area contributed by atoms with E-state index in [1.807, 2.05) is 0 Å². The van der Waals surface area contributed by atoms with Gasteiger partial charge in [-0.1, -0.05) is 11.6 Å². The summed E-state index contributed by atoms with van der Waals surface area (Å²) in [5.74, 6) is -0.919. The van der Waals surface area contributed by atoms with Crippen LogP contribution in [0.25, 0.3) is 0 Å². The number of hydrogen-bond acceptors (Lipinski definition) is 4. The summed E-state index contributed by atoms with van der Waals surface area (Å²) in [4.78, 5) is 26.8. The van der Waals surface area contributed by atoms with E-state index in [4.69, 9.17) is 17.3 Å². The number of carbonyl (C=O) groups is 2. The van der Waals surface area contributed by atoms with Gasteiger partial charge >= 0.3 is 0 Å². The lowest BCUT2D eigenvalue weighted by Crippen LogP contribution is -2.18. The number of amides is 2. The molecule has 0 aromatic carbocycles. The van der Waals surface area contributed by atoms with E-state index in [1.54, 1.807) is 13.0 Å². The van der Waals surface area contributed by atoms with Crippen molar-refractivity contribution in [2.75, 3.05) is 5.32 Å². The molecule has 0 unspecified atom stereocenters. The van der Waals surface area contributed by atoms with Crippen LogP contribution in [0.2, 0.25) is 5.02 Å². The van der Waals surface area contributed by atoms with Gasteiger partial charge in [-0.2, -0.15) is 5.10 Å². The fourth-order valence-corrected chi connectivity index (χ4v) is 1.86. The van der Waals surface area contributed by atoms with Crippen molar-refractivity contribution in [1.29, 1.82) is 0 Å². The van der Waals surface area contributed by atoms with Gasteiger partial charge in [-0.15, -0.1) is 0 Å². The number of halogens is 1. The molecular formula is C12H12ClN5O2. The number of nitrogens with zero attached hydrogens (tertiary/aromatic N) is 3. The van der Waals surface area contributed by atoms with Crippen LogP contribution >= 0.6 is 11.6 Å². The molecule has 0 fully saturated rings. The Morgan fingerprint density at radius 3 is 2.85 bits per heavy atom. The molecule has 2 rings (SSSR count). The molecule has 0 saturated carbocycles. The first kappa shape index (κ1) is 14.0. The molecule has 0 aliphatic carbocycles. The molecule has 0 aliphatic heterocycles. The Kier molecular flexibility index (Phi) is 3.99. The predicted molar refractivity (Wildman–Crippen MR) is 73.4 cm³/mol. The molecule has 2 amide bonds. The van der Waals surface area contributed by atoms with Gasteiger partial charge in [-0.05, 0) is 13.0 Å². The molecule has 2 aromatic rings. The van der Waals surface area contributed by atoms with E-state index in [9.17, 15) is 9.59 Å². The summed E-state index contributed by atoms with van der Waals surface area (Å²) in [6.07, 6.45) is 4.31. The molecular weight excluding hydrogens is 282 g/mol. The number of hydrogen-bond donors (Lipinski definition) is 2. The SMILES string of the molecule is Cc1cc(Cl)c(C(=O)Nc2cnn(CC(N)=O)c2)cn1. The first-order chi connectivity index (χ1) is 9.45. The third-order valence-corrected chi connectivity index (χ3v) is 2.76. The maximum atomic E-state index is 12.0. The van der Waals surface area contributed by atoms with Gasteiger partial charge in [-0.3, -0.25) is 19.3 Å². The summed E-state index contributed by atoms with van der Waals surface area (Å²) in [7, 11) is 0. The van der Waals surface area contributed by atoms with Gasteiger partial charge < -0.3 is 11.1 Å². The molecule has 0 spiro atoms. The Hall–Kier alpha value is -2.41. The zero-order valence-corrected chi connectivity index (χ0v) is 11.4. The molecule has 2 aromatic heterocycles. The highest BCUT2D eigenvalue weighted by Gasteiger charge is 2.12. The molecule has 104 valence electrons. The summed E-state index contributed by atoms with van der Waals surface area (Å²) in [6, 6.07) is 1.60. The van der Waals surface area contributed by atoms with Crippen molar-refractivity contribution in [2.45, 2.75) is 13.5 Å². The third-order valence-electron chi connectivity index (χ3n) is 2.44. The van der Waals surface area contributed by atoms with Gasteiger partial charge in [0.25, 0.3) is 5.91 Å². The van der Waals surface area contributed by atoms with Gasteiger partial charge in [0, 0.05) is 18.1 Å². The van der Waals surface area contributed by atoms with E-state index in [0.29, 0.717) is 10.7 Å². The maximum absolute atomic E-state index is 12.0. The Morgan fingerprint density at radius 2 is 2.20 bits per heavy atom. The molecule has 2 heterocycles. The minimum absolute atomic E-state index is 0.0529. The molecule has 0 saturated heterocycles. The van der Waals surface area contributed by atoms with Crippen LogP contribution in [0, 0.1) is 6.92 Å². The Balaban J connectivity index is 2.11. The van der Waals surface area contributed by atoms with Crippen LogP contribution in [0.3, 0.4) is 0 Å². The topological polar surface area (TPSA) is 103 Å².